The summed E-state index contributed by atoms with van der Waals surface area (Å²) in [4.78, 5) is 3.07. The summed E-state index contributed by atoms with van der Waals surface area (Å²) in [7, 11) is -8.88. The third-order valence-corrected chi connectivity index (χ3v) is 7.65. The first-order chi connectivity index (χ1) is 10.8. The maximum atomic E-state index is 12.1. The maximum Gasteiger partial charge on any atom is 0.249 e. The molecule has 0 bridgehead atoms. The topological polar surface area (TPSA) is 154 Å². The van der Waals surface area contributed by atoms with E-state index in [1.54, 1.807) is 24.3 Å². The molecule has 1 aromatic rings. The Kier molecular flexibility index (Phi) is 4.89. The lowest BCUT2D eigenvalue weighted by atomic mass is 10.1. The van der Waals surface area contributed by atoms with Crippen molar-refractivity contribution < 1.29 is 21.6 Å². The van der Waals surface area contributed by atoms with Crippen LogP contribution in [-0.4, -0.2) is 20.9 Å². The highest BCUT2D eigenvalue weighted by Crippen LogP contribution is 2.33. The molecule has 1 aliphatic carbocycles. The van der Waals surface area contributed by atoms with Gasteiger partial charge in [0.1, 0.15) is 11.5 Å². The molecule has 0 saturated heterocycles. The summed E-state index contributed by atoms with van der Waals surface area (Å²) in [6.45, 7) is 0. The molecule has 11 heteroatoms. The molecule has 6 N–H and O–H groups in total. The van der Waals surface area contributed by atoms with Crippen LogP contribution in [0, 0.1) is 0 Å². The SMILES string of the molecule is NNS(=O)(=O)C1(S(=O)(=O)NN)C=CC(Oc2ccccc2)=CC1. The average molecular weight is 360 g/mol. The predicted octanol–water partition coefficient (Wildman–Crippen LogP) is -0.808. The number of benzene rings is 1. The molecule has 0 aromatic heterocycles. The van der Waals surface area contributed by atoms with E-state index >= 15 is 0 Å². The zero-order chi connectivity index (χ0) is 17.1. The summed E-state index contributed by atoms with van der Waals surface area (Å²) < 4.78 is 51.6. The van der Waals surface area contributed by atoms with Gasteiger partial charge in [0.15, 0.2) is 0 Å². The fourth-order valence-electron chi connectivity index (χ4n) is 2.03. The van der Waals surface area contributed by atoms with Crippen LogP contribution in [0.25, 0.3) is 0 Å². The molecule has 0 saturated carbocycles. The summed E-state index contributed by atoms with van der Waals surface area (Å²) in [5.74, 6) is 10.8. The monoisotopic (exact) mass is 360 g/mol. The van der Waals surface area contributed by atoms with Crippen LogP contribution in [-0.2, 0) is 20.0 Å². The highest BCUT2D eigenvalue weighted by molar-refractivity contribution is 8.08. The normalized spacial score (nSPS) is 17.6. The predicted molar refractivity (Wildman–Crippen MR) is 84.1 cm³/mol. The molecule has 0 unspecified atom stereocenters. The number of sulfonamides is 2. The van der Waals surface area contributed by atoms with E-state index in [2.05, 4.69) is 0 Å². The van der Waals surface area contributed by atoms with Crippen LogP contribution in [0.4, 0.5) is 0 Å². The van der Waals surface area contributed by atoms with Gasteiger partial charge in [0, 0.05) is 6.42 Å². The van der Waals surface area contributed by atoms with Crippen LogP contribution in [0.15, 0.2) is 54.3 Å². The minimum atomic E-state index is -4.44. The van der Waals surface area contributed by atoms with Gasteiger partial charge in [-0.25, -0.2) is 16.8 Å². The van der Waals surface area contributed by atoms with Gasteiger partial charge < -0.3 is 4.74 Å². The van der Waals surface area contributed by atoms with Crippen LogP contribution < -0.4 is 26.1 Å². The number of hydrogen-bond donors (Lipinski definition) is 4. The molecule has 126 valence electrons. The molecule has 0 radical (unpaired) electrons. The lowest BCUT2D eigenvalue weighted by Gasteiger charge is -2.29. The number of hydrazine groups is 2. The smallest absolute Gasteiger partial charge is 0.249 e. The van der Waals surface area contributed by atoms with Crippen molar-refractivity contribution in [3.8, 4) is 5.75 Å². The number of nitrogens with two attached hydrogens (primary N) is 2. The number of nitrogens with one attached hydrogen (secondary N) is 2. The van der Waals surface area contributed by atoms with E-state index in [9.17, 15) is 16.8 Å². The van der Waals surface area contributed by atoms with Crippen LogP contribution >= 0.6 is 0 Å². The van der Waals surface area contributed by atoms with E-state index in [1.807, 2.05) is 6.07 Å². The minimum absolute atomic E-state index is 0.297. The van der Waals surface area contributed by atoms with Crippen molar-refractivity contribution in [2.24, 2.45) is 11.7 Å². The second-order valence-electron chi connectivity index (χ2n) is 4.61. The van der Waals surface area contributed by atoms with Gasteiger partial charge in [-0.2, -0.15) is 9.66 Å². The number of allylic oxidation sites excluding steroid dienone is 2. The first-order valence-electron chi connectivity index (χ1n) is 6.34. The Labute approximate surface area is 134 Å². The number of rotatable bonds is 6. The molecule has 9 nitrogen and oxygen atoms in total. The van der Waals surface area contributed by atoms with Crippen molar-refractivity contribution in [3.63, 3.8) is 0 Å². The summed E-state index contributed by atoms with van der Waals surface area (Å²) in [5.41, 5.74) is 0. The van der Waals surface area contributed by atoms with E-state index in [1.165, 1.54) is 21.8 Å². The zero-order valence-corrected chi connectivity index (χ0v) is 13.5. The van der Waals surface area contributed by atoms with Crippen molar-refractivity contribution in [1.82, 2.24) is 9.66 Å². The van der Waals surface area contributed by atoms with Crippen LogP contribution in [0.2, 0.25) is 0 Å². The molecular weight excluding hydrogens is 344 g/mol. The largest absolute Gasteiger partial charge is 0.458 e. The summed E-state index contributed by atoms with van der Waals surface area (Å²) in [6.07, 6.45) is 3.11. The van der Waals surface area contributed by atoms with Gasteiger partial charge in [-0.15, -0.1) is 0 Å². The van der Waals surface area contributed by atoms with Gasteiger partial charge >= 0.3 is 0 Å². The Morgan fingerprint density at radius 3 is 2.00 bits per heavy atom. The summed E-state index contributed by atoms with van der Waals surface area (Å²) >= 11 is 0. The minimum Gasteiger partial charge on any atom is -0.458 e. The van der Waals surface area contributed by atoms with Gasteiger partial charge in [-0.1, -0.05) is 18.2 Å². The fourth-order valence-corrected chi connectivity index (χ4v) is 4.97. The third-order valence-electron chi connectivity index (χ3n) is 3.29. The van der Waals surface area contributed by atoms with Gasteiger partial charge in [0.25, 0.3) is 0 Å². The maximum absolute atomic E-state index is 12.1. The Balaban J connectivity index is 2.36. The van der Waals surface area contributed by atoms with Gasteiger partial charge in [0.2, 0.25) is 24.1 Å². The molecule has 0 aliphatic heterocycles. The Morgan fingerprint density at radius 1 is 1.00 bits per heavy atom. The first kappa shape index (κ1) is 17.6. The highest BCUT2D eigenvalue weighted by atomic mass is 32.3. The van der Waals surface area contributed by atoms with E-state index in [0.717, 1.165) is 6.08 Å². The quantitative estimate of drug-likeness (QED) is 0.382. The second kappa shape index (κ2) is 6.39. The molecule has 23 heavy (non-hydrogen) atoms. The lowest BCUT2D eigenvalue weighted by Crippen LogP contribution is -2.57. The van der Waals surface area contributed by atoms with Crippen LogP contribution in [0.5, 0.6) is 5.75 Å². The standard InChI is InChI=1S/C12H16N4O5S2/c13-15-22(17,18)12(23(19,20)16-14)8-6-11(7-9-12)21-10-4-2-1-3-5-10/h1-8,15-16H,9,13-14H2. The molecular formula is C12H16N4O5S2. The lowest BCUT2D eigenvalue weighted by molar-refractivity contribution is 0.437. The van der Waals surface area contributed by atoms with Crippen molar-refractivity contribution >= 4 is 20.0 Å². The number of para-hydroxylation sites is 1. The molecule has 0 atom stereocenters. The molecule has 1 aliphatic rings. The van der Waals surface area contributed by atoms with E-state index in [0.29, 0.717) is 11.5 Å². The zero-order valence-electron chi connectivity index (χ0n) is 11.8. The Bertz CT molecular complexity index is 797. The summed E-state index contributed by atoms with van der Waals surface area (Å²) in [5, 5.41) is 0. The molecule has 0 fully saturated rings. The van der Waals surface area contributed by atoms with Gasteiger partial charge in [0.05, 0.1) is 0 Å². The van der Waals surface area contributed by atoms with Crippen molar-refractivity contribution in [1.29, 1.82) is 0 Å². The molecule has 1 aromatic carbocycles. The number of ether oxygens (including phenoxy) is 1. The molecule has 0 spiro atoms. The van der Waals surface area contributed by atoms with Crippen LogP contribution in [0.3, 0.4) is 0 Å². The Hall–Kier alpha value is -1.76. The third kappa shape index (κ3) is 3.15. The first-order valence-corrected chi connectivity index (χ1v) is 9.31. The highest BCUT2D eigenvalue weighted by Gasteiger charge is 2.53. The van der Waals surface area contributed by atoms with Gasteiger partial charge in [-0.3, -0.25) is 11.7 Å². The van der Waals surface area contributed by atoms with Crippen molar-refractivity contribution in [2.75, 3.05) is 0 Å². The van der Waals surface area contributed by atoms with Crippen LogP contribution in [0.1, 0.15) is 6.42 Å². The van der Waals surface area contributed by atoms with E-state index in [4.69, 9.17) is 16.4 Å². The molecule has 0 amide bonds. The Morgan fingerprint density at radius 2 is 1.57 bits per heavy atom. The average Bonchev–Trinajstić information content (AvgIpc) is 2.56. The van der Waals surface area contributed by atoms with E-state index in [-0.39, 0.29) is 0 Å². The van der Waals surface area contributed by atoms with Gasteiger partial charge in [-0.05, 0) is 30.4 Å². The second-order valence-corrected chi connectivity index (χ2v) is 8.81. The number of hydrogen-bond acceptors (Lipinski definition) is 7. The van der Waals surface area contributed by atoms with Crippen molar-refractivity contribution in [2.45, 2.75) is 10.5 Å². The van der Waals surface area contributed by atoms with Crippen molar-refractivity contribution in [3.05, 3.63) is 54.3 Å². The van der Waals surface area contributed by atoms with E-state index < -0.39 is 30.5 Å². The molecule has 2 rings (SSSR count). The summed E-state index contributed by atoms with van der Waals surface area (Å²) in [6, 6.07) is 8.73. The molecule has 0 heterocycles. The fraction of sp³-hybridized carbons (Fsp3) is 0.167.